The molecule has 1 aromatic heterocycles. The maximum absolute atomic E-state index is 11.6. The lowest BCUT2D eigenvalue weighted by molar-refractivity contribution is -0.479. The highest BCUT2D eigenvalue weighted by Crippen LogP contribution is 2.40. The Kier molecular flexibility index (Phi) is 8.91. The molecule has 0 aliphatic carbocycles. The van der Waals surface area contributed by atoms with Gasteiger partial charge in [-0.1, -0.05) is 65.3 Å². The minimum absolute atomic E-state index is 0.210. The van der Waals surface area contributed by atoms with E-state index < -0.39 is 5.25 Å². The van der Waals surface area contributed by atoms with E-state index in [1.807, 2.05) is 48.7 Å². The smallest absolute Gasteiger partial charge is 0.220 e. The van der Waals surface area contributed by atoms with Crippen molar-refractivity contribution in [2.45, 2.75) is 30.9 Å². The van der Waals surface area contributed by atoms with Crippen LogP contribution in [0.3, 0.4) is 0 Å². The third-order valence-electron chi connectivity index (χ3n) is 5.41. The van der Waals surface area contributed by atoms with E-state index in [0.29, 0.717) is 44.7 Å². The minimum Gasteiger partial charge on any atom is -0.490 e. The van der Waals surface area contributed by atoms with Crippen LogP contribution in [-0.2, 0) is 6.61 Å². The Hall–Kier alpha value is -3.27. The fourth-order valence-corrected chi connectivity index (χ4v) is 5.30. The normalized spacial score (nSPS) is 11.8. The first kappa shape index (κ1) is 26.8. The molecule has 0 unspecified atom stereocenters. The van der Waals surface area contributed by atoms with E-state index in [1.54, 1.807) is 36.4 Å². The molecule has 1 heterocycles. The molecule has 0 radical (unpaired) electrons. The number of benzene rings is 3. The standard InChI is InChI=1S/C26H24Cl2N4O4S/c1-3-35-24-13-18(10-12-23(24)36-16-19-9-11-20(27)14-22(19)28)25(15-31(33)34)37-26-30-29-17(2)32(26)21-7-5-4-6-8-21/h4-14,25H,3,15-16H2,1-2H3/t25-/m1/s1. The van der Waals surface area contributed by atoms with Gasteiger partial charge in [-0.2, -0.15) is 0 Å². The molecule has 8 nitrogen and oxygen atoms in total. The number of aryl methyl sites for hydroxylation is 1. The second-order valence-corrected chi connectivity index (χ2v) is 10.00. The number of rotatable bonds is 11. The van der Waals surface area contributed by atoms with E-state index >= 15 is 0 Å². The molecule has 11 heteroatoms. The molecule has 37 heavy (non-hydrogen) atoms. The number of hydrogen-bond donors (Lipinski definition) is 0. The summed E-state index contributed by atoms with van der Waals surface area (Å²) < 4.78 is 13.7. The zero-order valence-corrected chi connectivity index (χ0v) is 22.5. The maximum atomic E-state index is 11.6. The van der Waals surface area contributed by atoms with Crippen molar-refractivity contribution >= 4 is 35.0 Å². The fourth-order valence-electron chi connectivity index (χ4n) is 3.67. The minimum atomic E-state index is -0.542. The van der Waals surface area contributed by atoms with Gasteiger partial charge in [-0.15, -0.1) is 10.2 Å². The number of para-hydroxylation sites is 1. The molecule has 4 aromatic rings. The van der Waals surface area contributed by atoms with Crippen molar-refractivity contribution in [2.24, 2.45) is 0 Å². The zero-order chi connectivity index (χ0) is 26.4. The van der Waals surface area contributed by atoms with Gasteiger partial charge in [0.2, 0.25) is 6.54 Å². The van der Waals surface area contributed by atoms with Crippen LogP contribution in [0, 0.1) is 17.0 Å². The van der Waals surface area contributed by atoms with Gasteiger partial charge in [0, 0.05) is 26.2 Å². The van der Waals surface area contributed by atoms with Crippen molar-refractivity contribution in [3.63, 3.8) is 0 Å². The highest BCUT2D eigenvalue weighted by Gasteiger charge is 2.25. The molecule has 0 aliphatic heterocycles. The Morgan fingerprint density at radius 3 is 2.51 bits per heavy atom. The van der Waals surface area contributed by atoms with Crippen molar-refractivity contribution in [1.82, 2.24) is 14.8 Å². The van der Waals surface area contributed by atoms with Crippen LogP contribution in [0.25, 0.3) is 5.69 Å². The molecule has 0 spiro atoms. The Bertz CT molecular complexity index is 1380. The molecule has 3 aromatic carbocycles. The monoisotopic (exact) mass is 558 g/mol. The predicted molar refractivity (Wildman–Crippen MR) is 145 cm³/mol. The molecule has 0 aliphatic rings. The molecule has 0 N–H and O–H groups in total. The Morgan fingerprint density at radius 2 is 1.81 bits per heavy atom. The van der Waals surface area contributed by atoms with Crippen LogP contribution in [0.4, 0.5) is 0 Å². The van der Waals surface area contributed by atoms with E-state index in [-0.39, 0.29) is 18.1 Å². The van der Waals surface area contributed by atoms with Gasteiger partial charge in [0.05, 0.1) is 6.61 Å². The Morgan fingerprint density at radius 1 is 1.03 bits per heavy atom. The van der Waals surface area contributed by atoms with E-state index in [4.69, 9.17) is 32.7 Å². The summed E-state index contributed by atoms with van der Waals surface area (Å²) in [7, 11) is 0. The number of thioether (sulfide) groups is 1. The van der Waals surface area contributed by atoms with Crippen LogP contribution >= 0.6 is 35.0 Å². The van der Waals surface area contributed by atoms with E-state index in [0.717, 1.165) is 11.3 Å². The fraction of sp³-hybridized carbons (Fsp3) is 0.231. The van der Waals surface area contributed by atoms with E-state index in [9.17, 15) is 10.1 Å². The van der Waals surface area contributed by atoms with Gasteiger partial charge >= 0.3 is 0 Å². The van der Waals surface area contributed by atoms with Gasteiger partial charge in [-0.05, 0) is 55.8 Å². The number of hydrogen-bond acceptors (Lipinski definition) is 7. The van der Waals surface area contributed by atoms with Crippen LogP contribution < -0.4 is 9.47 Å². The van der Waals surface area contributed by atoms with Crippen molar-refractivity contribution in [3.05, 3.63) is 104 Å². The third-order valence-corrected chi connectivity index (χ3v) is 7.18. The third kappa shape index (κ3) is 6.74. The molecule has 192 valence electrons. The van der Waals surface area contributed by atoms with Crippen molar-refractivity contribution < 1.29 is 14.4 Å². The number of halogens is 2. The van der Waals surface area contributed by atoms with Crippen molar-refractivity contribution in [1.29, 1.82) is 0 Å². The first-order chi connectivity index (χ1) is 17.9. The summed E-state index contributed by atoms with van der Waals surface area (Å²) in [5, 5.41) is 21.2. The van der Waals surface area contributed by atoms with Crippen LogP contribution in [0.2, 0.25) is 10.0 Å². The van der Waals surface area contributed by atoms with Gasteiger partial charge in [0.15, 0.2) is 16.7 Å². The molecule has 0 amide bonds. The summed E-state index contributed by atoms with van der Waals surface area (Å²) in [4.78, 5) is 11.3. The highest BCUT2D eigenvalue weighted by atomic mass is 35.5. The average Bonchev–Trinajstić information content (AvgIpc) is 3.24. The SMILES string of the molecule is CCOc1cc([C@@H](C[N+](=O)[O-])Sc2nnc(C)n2-c2ccccc2)ccc1OCc1ccc(Cl)cc1Cl. The lowest BCUT2D eigenvalue weighted by Crippen LogP contribution is -2.11. The van der Waals surface area contributed by atoms with Gasteiger partial charge in [0.1, 0.15) is 17.7 Å². The number of nitrogens with zero attached hydrogens (tertiary/aromatic N) is 4. The van der Waals surface area contributed by atoms with Gasteiger partial charge in [-0.3, -0.25) is 14.7 Å². The van der Waals surface area contributed by atoms with Crippen molar-refractivity contribution in [3.8, 4) is 17.2 Å². The predicted octanol–water partition coefficient (Wildman–Crippen LogP) is 6.97. The molecule has 0 bridgehead atoms. The first-order valence-corrected chi connectivity index (χ1v) is 13.1. The average molecular weight is 559 g/mol. The van der Waals surface area contributed by atoms with Crippen LogP contribution in [0.15, 0.2) is 71.9 Å². The zero-order valence-electron chi connectivity index (χ0n) is 20.1. The number of ether oxygens (including phenoxy) is 2. The summed E-state index contributed by atoms with van der Waals surface area (Å²) >= 11 is 13.5. The molecular formula is C26H24Cl2N4O4S. The topological polar surface area (TPSA) is 92.3 Å². The molecule has 1 atom stereocenters. The molecule has 0 fully saturated rings. The summed E-state index contributed by atoms with van der Waals surface area (Å²) in [5.74, 6) is 1.68. The number of nitro groups is 1. The quantitative estimate of drug-likeness (QED) is 0.111. The second-order valence-electron chi connectivity index (χ2n) is 7.99. The lowest BCUT2D eigenvalue weighted by Gasteiger charge is -2.17. The maximum Gasteiger partial charge on any atom is 0.220 e. The van der Waals surface area contributed by atoms with Crippen LogP contribution in [-0.4, -0.2) is 32.8 Å². The summed E-state index contributed by atoms with van der Waals surface area (Å²) in [5.41, 5.74) is 2.37. The Balaban J connectivity index is 1.62. The molecular weight excluding hydrogens is 535 g/mol. The van der Waals surface area contributed by atoms with Crippen molar-refractivity contribution in [2.75, 3.05) is 13.2 Å². The largest absolute Gasteiger partial charge is 0.490 e. The van der Waals surface area contributed by atoms with Crippen LogP contribution in [0.1, 0.15) is 29.1 Å². The Labute approximate surface area is 228 Å². The molecule has 0 saturated carbocycles. The summed E-state index contributed by atoms with van der Waals surface area (Å²) in [6.45, 7) is 4.01. The van der Waals surface area contributed by atoms with Gasteiger partial charge < -0.3 is 9.47 Å². The van der Waals surface area contributed by atoms with Gasteiger partial charge in [-0.25, -0.2) is 0 Å². The highest BCUT2D eigenvalue weighted by molar-refractivity contribution is 7.99. The molecule has 0 saturated heterocycles. The number of aromatic nitrogens is 3. The lowest BCUT2D eigenvalue weighted by atomic mass is 10.1. The summed E-state index contributed by atoms with van der Waals surface area (Å²) in [6.07, 6.45) is 0. The van der Waals surface area contributed by atoms with Gasteiger partial charge in [0.25, 0.3) is 0 Å². The second kappa shape index (κ2) is 12.3. The molecule has 4 rings (SSSR count). The van der Waals surface area contributed by atoms with E-state index in [1.165, 1.54) is 11.8 Å². The van der Waals surface area contributed by atoms with Crippen LogP contribution in [0.5, 0.6) is 11.5 Å². The van der Waals surface area contributed by atoms with E-state index in [2.05, 4.69) is 10.2 Å². The summed E-state index contributed by atoms with van der Waals surface area (Å²) in [6, 6.07) is 20.2. The first-order valence-electron chi connectivity index (χ1n) is 11.4.